The molecule has 0 bridgehead atoms. The number of aryl methyl sites for hydroxylation is 1. The largest absolute Gasteiger partial charge is 0.385 e. The molecule has 112 valence electrons. The van der Waals surface area contributed by atoms with E-state index in [1.165, 1.54) is 36.2 Å². The number of fused-ring (bicyclic) bond motifs is 1. The number of methoxy groups -OCH3 is 1. The second-order valence-electron chi connectivity index (χ2n) is 5.60. The summed E-state index contributed by atoms with van der Waals surface area (Å²) >= 11 is 0. The fourth-order valence-electron chi connectivity index (χ4n) is 3.02. The van der Waals surface area contributed by atoms with E-state index >= 15 is 0 Å². The highest BCUT2D eigenvalue weighted by Gasteiger charge is 2.17. The van der Waals surface area contributed by atoms with Crippen LogP contribution in [0.25, 0.3) is 0 Å². The molecule has 1 N–H and O–H groups in total. The highest BCUT2D eigenvalue weighted by Crippen LogP contribution is 2.29. The molecular weight excluding hydrogens is 248 g/mol. The van der Waals surface area contributed by atoms with Crippen molar-refractivity contribution >= 4 is 5.69 Å². The Labute approximate surface area is 123 Å². The van der Waals surface area contributed by atoms with E-state index in [9.17, 15) is 0 Å². The summed E-state index contributed by atoms with van der Waals surface area (Å²) in [4.78, 5) is 2.51. The molecule has 1 heterocycles. The molecule has 3 nitrogen and oxygen atoms in total. The summed E-state index contributed by atoms with van der Waals surface area (Å²) in [6.07, 6.45) is 3.58. The summed E-state index contributed by atoms with van der Waals surface area (Å²) in [5.74, 6) is 0. The highest BCUT2D eigenvalue weighted by atomic mass is 16.5. The van der Waals surface area contributed by atoms with E-state index in [0.717, 1.165) is 26.1 Å². The third-order valence-electron chi connectivity index (χ3n) is 4.11. The zero-order valence-electron chi connectivity index (χ0n) is 13.1. The van der Waals surface area contributed by atoms with Crippen LogP contribution in [0.4, 0.5) is 5.69 Å². The molecule has 1 unspecified atom stereocenters. The predicted octanol–water partition coefficient (Wildman–Crippen LogP) is 3.15. The molecule has 1 aromatic rings. The second kappa shape index (κ2) is 7.65. The van der Waals surface area contributed by atoms with Gasteiger partial charge in [0, 0.05) is 38.5 Å². The third kappa shape index (κ3) is 3.74. The number of nitrogens with zero attached hydrogens (tertiary/aromatic N) is 1. The Hall–Kier alpha value is -1.06. The minimum Gasteiger partial charge on any atom is -0.385 e. The molecule has 20 heavy (non-hydrogen) atoms. The smallest absolute Gasteiger partial charge is 0.0479 e. The fourth-order valence-corrected chi connectivity index (χ4v) is 3.02. The minimum atomic E-state index is 0.439. The van der Waals surface area contributed by atoms with Gasteiger partial charge in [-0.15, -0.1) is 0 Å². The lowest BCUT2D eigenvalue weighted by Gasteiger charge is -2.32. The van der Waals surface area contributed by atoms with E-state index in [1.54, 1.807) is 7.11 Å². The van der Waals surface area contributed by atoms with Gasteiger partial charge in [0.25, 0.3) is 0 Å². The van der Waals surface area contributed by atoms with Crippen LogP contribution in [0.3, 0.4) is 0 Å². The molecule has 0 aromatic heterocycles. The SMILES string of the molecule is CCNC(C)c1ccc2c(c1)CCCN2CCCOC. The number of benzene rings is 1. The van der Waals surface area contributed by atoms with Gasteiger partial charge >= 0.3 is 0 Å². The van der Waals surface area contributed by atoms with Crippen LogP contribution in [-0.2, 0) is 11.2 Å². The molecule has 0 spiro atoms. The summed E-state index contributed by atoms with van der Waals surface area (Å²) in [7, 11) is 1.78. The number of ether oxygens (including phenoxy) is 1. The molecule has 1 atom stereocenters. The molecule has 0 aliphatic carbocycles. The lowest BCUT2D eigenvalue weighted by Crippen LogP contribution is -2.31. The van der Waals surface area contributed by atoms with Gasteiger partial charge in [-0.3, -0.25) is 0 Å². The lowest BCUT2D eigenvalue weighted by molar-refractivity contribution is 0.196. The quantitative estimate of drug-likeness (QED) is 0.774. The summed E-state index contributed by atoms with van der Waals surface area (Å²) in [5.41, 5.74) is 4.35. The Kier molecular flexibility index (Phi) is 5.86. The first-order valence-electron chi connectivity index (χ1n) is 7.86. The van der Waals surface area contributed by atoms with Crippen molar-refractivity contribution in [2.24, 2.45) is 0 Å². The van der Waals surface area contributed by atoms with E-state index in [0.29, 0.717) is 6.04 Å². The molecule has 3 heteroatoms. The van der Waals surface area contributed by atoms with Gasteiger partial charge in [0.05, 0.1) is 0 Å². The Morgan fingerprint density at radius 2 is 2.25 bits per heavy atom. The normalized spacial score (nSPS) is 16.1. The van der Waals surface area contributed by atoms with Crippen molar-refractivity contribution in [1.29, 1.82) is 0 Å². The highest BCUT2D eigenvalue weighted by molar-refractivity contribution is 5.57. The van der Waals surface area contributed by atoms with Crippen molar-refractivity contribution in [1.82, 2.24) is 5.32 Å². The van der Waals surface area contributed by atoms with Gasteiger partial charge in [-0.05, 0) is 49.9 Å². The van der Waals surface area contributed by atoms with Crippen molar-refractivity contribution < 1.29 is 4.74 Å². The van der Waals surface area contributed by atoms with Crippen LogP contribution in [0.5, 0.6) is 0 Å². The Morgan fingerprint density at radius 1 is 1.40 bits per heavy atom. The van der Waals surface area contributed by atoms with E-state index < -0.39 is 0 Å². The molecule has 0 fully saturated rings. The summed E-state index contributed by atoms with van der Waals surface area (Å²) < 4.78 is 5.16. The number of anilines is 1. The minimum absolute atomic E-state index is 0.439. The van der Waals surface area contributed by atoms with E-state index in [-0.39, 0.29) is 0 Å². The molecule has 1 aliphatic heterocycles. The van der Waals surface area contributed by atoms with E-state index in [4.69, 9.17) is 4.74 Å². The Bertz CT molecular complexity index is 419. The van der Waals surface area contributed by atoms with Crippen molar-refractivity contribution in [2.45, 2.75) is 39.2 Å². The van der Waals surface area contributed by atoms with Gasteiger partial charge in [0.1, 0.15) is 0 Å². The first-order valence-corrected chi connectivity index (χ1v) is 7.86. The molecule has 0 radical (unpaired) electrons. The Morgan fingerprint density at radius 3 is 3.00 bits per heavy atom. The van der Waals surface area contributed by atoms with Crippen LogP contribution in [0.15, 0.2) is 18.2 Å². The molecule has 0 amide bonds. The van der Waals surface area contributed by atoms with Crippen LogP contribution in [0.2, 0.25) is 0 Å². The summed E-state index contributed by atoms with van der Waals surface area (Å²) in [6.45, 7) is 8.54. The van der Waals surface area contributed by atoms with Crippen LogP contribution in [0, 0.1) is 0 Å². The van der Waals surface area contributed by atoms with Crippen molar-refractivity contribution in [3.05, 3.63) is 29.3 Å². The van der Waals surface area contributed by atoms with Crippen molar-refractivity contribution in [3.63, 3.8) is 0 Å². The zero-order chi connectivity index (χ0) is 14.4. The van der Waals surface area contributed by atoms with E-state index in [2.05, 4.69) is 42.3 Å². The number of nitrogens with one attached hydrogen (secondary N) is 1. The number of rotatable bonds is 7. The maximum Gasteiger partial charge on any atom is 0.0479 e. The maximum absolute atomic E-state index is 5.16. The zero-order valence-corrected chi connectivity index (χ0v) is 13.1. The van der Waals surface area contributed by atoms with Gasteiger partial charge in [-0.25, -0.2) is 0 Å². The van der Waals surface area contributed by atoms with Crippen molar-refractivity contribution in [3.8, 4) is 0 Å². The van der Waals surface area contributed by atoms with Gasteiger partial charge in [-0.2, -0.15) is 0 Å². The molecular formula is C17H28N2O. The molecule has 1 aromatic carbocycles. The Balaban J connectivity index is 2.09. The maximum atomic E-state index is 5.16. The standard InChI is InChI=1S/C17H28N2O/c1-4-18-14(2)15-8-9-17-16(13-15)7-5-10-19(17)11-6-12-20-3/h8-9,13-14,18H,4-7,10-12H2,1-3H3. The van der Waals surface area contributed by atoms with Crippen molar-refractivity contribution in [2.75, 3.05) is 38.3 Å². The van der Waals surface area contributed by atoms with Crippen LogP contribution in [-0.4, -0.2) is 33.4 Å². The van der Waals surface area contributed by atoms with E-state index in [1.807, 2.05) is 0 Å². The summed E-state index contributed by atoms with van der Waals surface area (Å²) in [5, 5.41) is 3.49. The first kappa shape index (κ1) is 15.3. The van der Waals surface area contributed by atoms with Crippen LogP contribution >= 0.6 is 0 Å². The molecule has 1 aliphatic rings. The summed E-state index contributed by atoms with van der Waals surface area (Å²) in [6, 6.07) is 7.42. The lowest BCUT2D eigenvalue weighted by atomic mass is 9.96. The predicted molar refractivity (Wildman–Crippen MR) is 85.6 cm³/mol. The monoisotopic (exact) mass is 276 g/mol. The van der Waals surface area contributed by atoms with Crippen LogP contribution in [0.1, 0.15) is 43.9 Å². The first-order chi connectivity index (χ1) is 9.76. The average molecular weight is 276 g/mol. The number of hydrogen-bond acceptors (Lipinski definition) is 3. The van der Waals surface area contributed by atoms with Gasteiger partial charge in [0.2, 0.25) is 0 Å². The molecule has 0 saturated carbocycles. The average Bonchev–Trinajstić information content (AvgIpc) is 2.47. The fraction of sp³-hybridized carbons (Fsp3) is 0.647. The third-order valence-corrected chi connectivity index (χ3v) is 4.11. The number of hydrogen-bond donors (Lipinski definition) is 1. The molecule has 2 rings (SSSR count). The van der Waals surface area contributed by atoms with Gasteiger partial charge in [0.15, 0.2) is 0 Å². The second-order valence-corrected chi connectivity index (χ2v) is 5.60. The topological polar surface area (TPSA) is 24.5 Å². The van der Waals surface area contributed by atoms with Gasteiger partial charge < -0.3 is 15.0 Å². The van der Waals surface area contributed by atoms with Crippen LogP contribution < -0.4 is 10.2 Å². The van der Waals surface area contributed by atoms with Gasteiger partial charge in [-0.1, -0.05) is 19.1 Å². The molecule has 0 saturated heterocycles.